The number of aliphatic hydroxyl groups is 1. The molecule has 2 aromatic carbocycles. The van der Waals surface area contributed by atoms with Crippen molar-refractivity contribution >= 4 is 11.7 Å². The van der Waals surface area contributed by atoms with E-state index in [9.17, 15) is 9.90 Å². The Morgan fingerprint density at radius 1 is 1.25 bits per heavy atom. The van der Waals surface area contributed by atoms with Gasteiger partial charge in [0.2, 0.25) is 0 Å². The standard InChI is InChI=1S/C22H29N3O3/c1-3-28-21-12-16(2)8-9-20(21)24-22(27)23-13-19(26)15-25-11-10-17-6-4-5-7-18(17)14-25/h4-9,12,19,26H,3,10-11,13-15H2,1-2H3,(H2,23,24,27). The maximum atomic E-state index is 12.2. The first-order valence-corrected chi connectivity index (χ1v) is 9.80. The van der Waals surface area contributed by atoms with Crippen LogP contribution in [0.15, 0.2) is 42.5 Å². The molecule has 1 aliphatic rings. The Balaban J connectivity index is 1.46. The average Bonchev–Trinajstić information content (AvgIpc) is 2.69. The van der Waals surface area contributed by atoms with Gasteiger partial charge in [-0.2, -0.15) is 0 Å². The number of anilines is 1. The molecule has 0 fully saturated rings. The van der Waals surface area contributed by atoms with E-state index in [1.54, 1.807) is 0 Å². The highest BCUT2D eigenvalue weighted by molar-refractivity contribution is 5.91. The fourth-order valence-electron chi connectivity index (χ4n) is 3.46. The normalized spacial score (nSPS) is 14.8. The van der Waals surface area contributed by atoms with Crippen LogP contribution >= 0.6 is 0 Å². The number of fused-ring (bicyclic) bond motifs is 1. The number of benzene rings is 2. The number of rotatable bonds is 7. The summed E-state index contributed by atoms with van der Waals surface area (Å²) in [4.78, 5) is 14.4. The molecule has 0 saturated carbocycles. The van der Waals surface area contributed by atoms with E-state index in [0.717, 1.165) is 25.1 Å². The Kier molecular flexibility index (Phi) is 6.90. The molecular weight excluding hydrogens is 354 g/mol. The number of urea groups is 1. The predicted octanol–water partition coefficient (Wildman–Crippen LogP) is 2.93. The predicted molar refractivity (Wildman–Crippen MR) is 111 cm³/mol. The summed E-state index contributed by atoms with van der Waals surface area (Å²) in [7, 11) is 0. The van der Waals surface area contributed by atoms with Gasteiger partial charge in [-0.3, -0.25) is 4.90 Å². The van der Waals surface area contributed by atoms with Crippen molar-refractivity contribution in [3.63, 3.8) is 0 Å². The molecule has 2 amide bonds. The molecule has 0 bridgehead atoms. The summed E-state index contributed by atoms with van der Waals surface area (Å²) in [6.45, 7) is 6.88. The molecule has 0 aromatic heterocycles. The summed E-state index contributed by atoms with van der Waals surface area (Å²) >= 11 is 0. The fraction of sp³-hybridized carbons (Fsp3) is 0.409. The lowest BCUT2D eigenvalue weighted by atomic mass is 10.00. The summed E-state index contributed by atoms with van der Waals surface area (Å²) in [6, 6.07) is 13.7. The van der Waals surface area contributed by atoms with E-state index in [1.807, 2.05) is 38.1 Å². The highest BCUT2D eigenvalue weighted by atomic mass is 16.5. The molecule has 3 N–H and O–H groups in total. The molecule has 150 valence electrons. The quantitative estimate of drug-likeness (QED) is 0.687. The van der Waals surface area contributed by atoms with Gasteiger partial charge in [0.25, 0.3) is 0 Å². The molecule has 1 unspecified atom stereocenters. The largest absolute Gasteiger partial charge is 0.492 e. The van der Waals surface area contributed by atoms with Crippen molar-refractivity contribution in [2.45, 2.75) is 32.9 Å². The molecule has 0 aliphatic carbocycles. The van der Waals surface area contributed by atoms with Gasteiger partial charge >= 0.3 is 6.03 Å². The lowest BCUT2D eigenvalue weighted by Gasteiger charge is -2.30. The van der Waals surface area contributed by atoms with E-state index in [0.29, 0.717) is 24.6 Å². The molecular formula is C22H29N3O3. The minimum atomic E-state index is -0.625. The van der Waals surface area contributed by atoms with E-state index in [-0.39, 0.29) is 12.6 Å². The summed E-state index contributed by atoms with van der Waals surface area (Å²) in [5.74, 6) is 0.644. The van der Waals surface area contributed by atoms with Crippen LogP contribution in [-0.2, 0) is 13.0 Å². The van der Waals surface area contributed by atoms with E-state index >= 15 is 0 Å². The maximum Gasteiger partial charge on any atom is 0.319 e. The summed E-state index contributed by atoms with van der Waals surface area (Å²) in [5.41, 5.74) is 4.38. The number of amides is 2. The van der Waals surface area contributed by atoms with Gasteiger partial charge in [-0.25, -0.2) is 4.79 Å². The van der Waals surface area contributed by atoms with Crippen LogP contribution in [0.25, 0.3) is 0 Å². The minimum absolute atomic E-state index is 0.194. The van der Waals surface area contributed by atoms with Crippen LogP contribution in [-0.4, -0.2) is 48.4 Å². The van der Waals surface area contributed by atoms with Crippen LogP contribution in [0.5, 0.6) is 5.75 Å². The second kappa shape index (κ2) is 9.57. The van der Waals surface area contributed by atoms with E-state index in [4.69, 9.17) is 4.74 Å². The van der Waals surface area contributed by atoms with Crippen molar-refractivity contribution in [3.8, 4) is 5.75 Å². The molecule has 0 spiro atoms. The summed E-state index contributed by atoms with van der Waals surface area (Å²) < 4.78 is 5.57. The molecule has 0 radical (unpaired) electrons. The Bertz CT molecular complexity index is 809. The zero-order chi connectivity index (χ0) is 19.9. The average molecular weight is 383 g/mol. The maximum absolute atomic E-state index is 12.2. The molecule has 1 heterocycles. The first-order valence-electron chi connectivity index (χ1n) is 9.80. The Morgan fingerprint density at radius 3 is 2.82 bits per heavy atom. The molecule has 2 aromatic rings. The molecule has 1 aliphatic heterocycles. The van der Waals surface area contributed by atoms with Crippen LogP contribution in [0.4, 0.5) is 10.5 Å². The number of aryl methyl sites for hydroxylation is 1. The summed E-state index contributed by atoms with van der Waals surface area (Å²) in [6.07, 6.45) is 0.366. The number of nitrogens with one attached hydrogen (secondary N) is 2. The smallest absolute Gasteiger partial charge is 0.319 e. The lowest BCUT2D eigenvalue weighted by molar-refractivity contribution is 0.106. The topological polar surface area (TPSA) is 73.8 Å². The SMILES string of the molecule is CCOc1cc(C)ccc1NC(=O)NCC(O)CN1CCc2ccccc2C1. The van der Waals surface area contributed by atoms with E-state index in [1.165, 1.54) is 11.1 Å². The third-order valence-corrected chi connectivity index (χ3v) is 4.86. The van der Waals surface area contributed by atoms with Gasteiger partial charge in [-0.05, 0) is 49.1 Å². The van der Waals surface area contributed by atoms with Crippen LogP contribution in [0.3, 0.4) is 0 Å². The molecule has 3 rings (SSSR count). The number of β-amino-alcohol motifs (C(OH)–C–C–N with tert-alkyl or cyclic N) is 1. The second-order valence-corrected chi connectivity index (χ2v) is 7.18. The minimum Gasteiger partial charge on any atom is -0.492 e. The van der Waals surface area contributed by atoms with Gasteiger partial charge in [0.1, 0.15) is 5.75 Å². The Morgan fingerprint density at radius 2 is 2.04 bits per heavy atom. The number of ether oxygens (including phenoxy) is 1. The lowest BCUT2D eigenvalue weighted by Crippen LogP contribution is -2.43. The van der Waals surface area contributed by atoms with E-state index < -0.39 is 6.10 Å². The number of carbonyl (C=O) groups is 1. The van der Waals surface area contributed by atoms with Gasteiger partial charge in [0.15, 0.2) is 0 Å². The van der Waals surface area contributed by atoms with Crippen LogP contribution < -0.4 is 15.4 Å². The Hall–Kier alpha value is -2.57. The van der Waals surface area contributed by atoms with Crippen molar-refractivity contribution in [2.24, 2.45) is 0 Å². The molecule has 6 heteroatoms. The van der Waals surface area contributed by atoms with Crippen LogP contribution in [0.2, 0.25) is 0 Å². The van der Waals surface area contributed by atoms with Crippen LogP contribution in [0.1, 0.15) is 23.6 Å². The number of nitrogens with zero attached hydrogens (tertiary/aromatic N) is 1. The van der Waals surface area contributed by atoms with Gasteiger partial charge in [0, 0.05) is 26.2 Å². The highest BCUT2D eigenvalue weighted by Crippen LogP contribution is 2.25. The van der Waals surface area contributed by atoms with Gasteiger partial charge in [0.05, 0.1) is 18.4 Å². The first-order chi connectivity index (χ1) is 13.5. The highest BCUT2D eigenvalue weighted by Gasteiger charge is 2.19. The summed E-state index contributed by atoms with van der Waals surface area (Å²) in [5, 5.41) is 15.9. The zero-order valence-corrected chi connectivity index (χ0v) is 16.6. The van der Waals surface area contributed by atoms with Crippen molar-refractivity contribution in [2.75, 3.05) is 31.6 Å². The molecule has 1 atom stereocenters. The second-order valence-electron chi connectivity index (χ2n) is 7.18. The molecule has 28 heavy (non-hydrogen) atoms. The Labute approximate surface area is 166 Å². The number of aliphatic hydroxyl groups excluding tert-OH is 1. The van der Waals surface area contributed by atoms with Crippen molar-refractivity contribution in [3.05, 3.63) is 59.2 Å². The zero-order valence-electron chi connectivity index (χ0n) is 16.6. The molecule has 6 nitrogen and oxygen atoms in total. The number of carbonyl (C=O) groups excluding carboxylic acids is 1. The van der Waals surface area contributed by atoms with Gasteiger partial charge in [-0.15, -0.1) is 0 Å². The van der Waals surface area contributed by atoms with Crippen molar-refractivity contribution in [1.29, 1.82) is 0 Å². The van der Waals surface area contributed by atoms with Gasteiger partial charge in [-0.1, -0.05) is 30.3 Å². The van der Waals surface area contributed by atoms with Gasteiger partial charge < -0.3 is 20.5 Å². The number of hydrogen-bond donors (Lipinski definition) is 3. The fourth-order valence-corrected chi connectivity index (χ4v) is 3.46. The first kappa shape index (κ1) is 20.2. The molecule has 0 saturated heterocycles. The monoisotopic (exact) mass is 383 g/mol. The van der Waals surface area contributed by atoms with E-state index in [2.05, 4.69) is 33.7 Å². The third kappa shape index (κ3) is 5.47. The van der Waals surface area contributed by atoms with Crippen molar-refractivity contribution in [1.82, 2.24) is 10.2 Å². The number of hydrogen-bond acceptors (Lipinski definition) is 4. The van der Waals surface area contributed by atoms with Crippen molar-refractivity contribution < 1.29 is 14.6 Å². The third-order valence-electron chi connectivity index (χ3n) is 4.86. The van der Waals surface area contributed by atoms with Crippen LogP contribution in [0, 0.1) is 6.92 Å².